The van der Waals surface area contributed by atoms with Crippen molar-refractivity contribution in [2.24, 2.45) is 0 Å². The van der Waals surface area contributed by atoms with Gasteiger partial charge in [-0.2, -0.15) is 0 Å². The molecule has 0 saturated carbocycles. The lowest BCUT2D eigenvalue weighted by atomic mass is 10.1. The first kappa shape index (κ1) is 17.7. The van der Waals surface area contributed by atoms with E-state index in [-0.39, 0.29) is 5.76 Å². The van der Waals surface area contributed by atoms with Crippen LogP contribution in [0.15, 0.2) is 79.0 Å². The topological polar surface area (TPSA) is 51.6 Å². The lowest BCUT2D eigenvalue weighted by molar-refractivity contribution is 0.0889. The molecule has 0 atom stereocenters. The molecular weight excluding hydrogens is 326 g/mol. The van der Waals surface area contributed by atoms with E-state index in [1.165, 1.54) is 0 Å². The summed E-state index contributed by atoms with van der Waals surface area (Å²) < 4.78 is 11.2. The van der Waals surface area contributed by atoms with Crippen molar-refractivity contribution in [2.75, 3.05) is 13.2 Å². The molecule has 0 spiro atoms. The molecule has 0 aliphatic rings. The first-order valence-corrected chi connectivity index (χ1v) is 8.48. The van der Waals surface area contributed by atoms with Crippen molar-refractivity contribution in [2.45, 2.75) is 6.61 Å². The van der Waals surface area contributed by atoms with Gasteiger partial charge in [0.1, 0.15) is 18.1 Å². The zero-order valence-electron chi connectivity index (χ0n) is 14.4. The third-order valence-electron chi connectivity index (χ3n) is 3.73. The van der Waals surface area contributed by atoms with E-state index in [0.717, 1.165) is 11.3 Å². The Morgan fingerprint density at radius 1 is 0.885 bits per heavy atom. The van der Waals surface area contributed by atoms with Gasteiger partial charge in [-0.1, -0.05) is 36.4 Å². The highest BCUT2D eigenvalue weighted by Crippen LogP contribution is 2.18. The number of hydrogen-bond donors (Lipinski definition) is 1. The lowest BCUT2D eigenvalue weighted by Crippen LogP contribution is -2.06. The maximum atomic E-state index is 10.2. The number of rotatable bonds is 8. The number of aromatic nitrogens is 1. The van der Waals surface area contributed by atoms with E-state index in [0.29, 0.717) is 31.1 Å². The van der Waals surface area contributed by atoms with Gasteiger partial charge in [0.25, 0.3) is 0 Å². The van der Waals surface area contributed by atoms with E-state index < -0.39 is 0 Å². The number of aliphatic hydroxyl groups excluding tert-OH is 1. The second kappa shape index (κ2) is 9.39. The normalized spacial score (nSPS) is 11.3. The Morgan fingerprint density at radius 2 is 1.65 bits per heavy atom. The van der Waals surface area contributed by atoms with Crippen molar-refractivity contribution in [1.29, 1.82) is 0 Å². The third-order valence-corrected chi connectivity index (χ3v) is 3.73. The fraction of sp³-hybridized carbons (Fsp3) is 0.136. The predicted molar refractivity (Wildman–Crippen MR) is 103 cm³/mol. The van der Waals surface area contributed by atoms with Crippen LogP contribution in [0.1, 0.15) is 16.8 Å². The van der Waals surface area contributed by atoms with Gasteiger partial charge in [0.05, 0.1) is 18.9 Å². The third kappa shape index (κ3) is 5.46. The summed E-state index contributed by atoms with van der Waals surface area (Å²) in [6.45, 7) is 1.57. The lowest BCUT2D eigenvalue weighted by Gasteiger charge is -2.08. The molecule has 0 aliphatic carbocycles. The monoisotopic (exact) mass is 347 g/mol. The van der Waals surface area contributed by atoms with Gasteiger partial charge in [0, 0.05) is 17.8 Å². The molecule has 2 aromatic carbocycles. The zero-order chi connectivity index (χ0) is 18.0. The van der Waals surface area contributed by atoms with Gasteiger partial charge in [0.15, 0.2) is 0 Å². The van der Waals surface area contributed by atoms with Crippen molar-refractivity contribution in [3.05, 3.63) is 95.8 Å². The number of aliphatic hydroxyl groups is 1. The van der Waals surface area contributed by atoms with Crippen LogP contribution in [0, 0.1) is 0 Å². The van der Waals surface area contributed by atoms with Gasteiger partial charge < -0.3 is 14.6 Å². The van der Waals surface area contributed by atoms with Gasteiger partial charge in [-0.05, 0) is 42.0 Å². The standard InChI is InChI=1S/C22H21NO3/c24-22(16-20-8-4-5-13-23-20)19-9-11-21(12-10-19)26-15-14-25-17-18-6-2-1-3-7-18/h1-13,16,24H,14-15,17H2/b22-16+. The molecule has 1 N–H and O–H groups in total. The maximum Gasteiger partial charge on any atom is 0.124 e. The van der Waals surface area contributed by atoms with Gasteiger partial charge in [-0.3, -0.25) is 4.98 Å². The Labute approximate surface area is 153 Å². The van der Waals surface area contributed by atoms with Crippen LogP contribution in [0.5, 0.6) is 5.75 Å². The Bertz CT molecular complexity index is 815. The second-order valence-corrected chi connectivity index (χ2v) is 5.70. The Kier molecular flexibility index (Phi) is 6.40. The van der Waals surface area contributed by atoms with Crippen LogP contribution in [0.25, 0.3) is 11.8 Å². The Balaban J connectivity index is 1.45. The highest BCUT2D eigenvalue weighted by Gasteiger charge is 2.01. The molecule has 26 heavy (non-hydrogen) atoms. The first-order chi connectivity index (χ1) is 12.8. The van der Waals surface area contributed by atoms with Crippen LogP contribution < -0.4 is 4.74 Å². The van der Waals surface area contributed by atoms with E-state index in [2.05, 4.69) is 4.98 Å². The van der Waals surface area contributed by atoms with Gasteiger partial charge in [0.2, 0.25) is 0 Å². The molecule has 1 aromatic heterocycles. The quantitative estimate of drug-likeness (QED) is 0.473. The molecule has 0 amide bonds. The van der Waals surface area contributed by atoms with Gasteiger partial charge in [-0.25, -0.2) is 0 Å². The number of benzene rings is 2. The molecule has 0 unspecified atom stereocenters. The number of nitrogens with zero attached hydrogens (tertiary/aromatic N) is 1. The van der Waals surface area contributed by atoms with Crippen LogP contribution in [-0.4, -0.2) is 23.3 Å². The molecule has 132 valence electrons. The predicted octanol–water partition coefficient (Wildman–Crippen LogP) is 4.73. The highest BCUT2D eigenvalue weighted by atomic mass is 16.5. The largest absolute Gasteiger partial charge is 0.507 e. The van der Waals surface area contributed by atoms with Crippen LogP contribution >= 0.6 is 0 Å². The molecule has 0 fully saturated rings. The molecular formula is C22H21NO3. The van der Waals surface area contributed by atoms with Gasteiger partial charge >= 0.3 is 0 Å². The van der Waals surface area contributed by atoms with Crippen molar-refractivity contribution in [3.8, 4) is 5.75 Å². The zero-order valence-corrected chi connectivity index (χ0v) is 14.4. The Hall–Kier alpha value is -3.11. The van der Waals surface area contributed by atoms with Crippen molar-refractivity contribution in [1.82, 2.24) is 4.98 Å². The molecule has 0 saturated heterocycles. The molecule has 3 rings (SSSR count). The minimum absolute atomic E-state index is 0.168. The Morgan fingerprint density at radius 3 is 2.38 bits per heavy atom. The minimum Gasteiger partial charge on any atom is -0.507 e. The maximum absolute atomic E-state index is 10.2. The van der Waals surface area contributed by atoms with Crippen molar-refractivity contribution in [3.63, 3.8) is 0 Å². The van der Waals surface area contributed by atoms with Crippen molar-refractivity contribution >= 4 is 11.8 Å². The van der Waals surface area contributed by atoms with E-state index in [1.54, 1.807) is 12.3 Å². The second-order valence-electron chi connectivity index (χ2n) is 5.70. The SMILES string of the molecule is O/C(=C/c1ccccn1)c1ccc(OCCOCc2ccccc2)cc1. The average molecular weight is 347 g/mol. The van der Waals surface area contributed by atoms with E-state index in [9.17, 15) is 5.11 Å². The number of ether oxygens (including phenoxy) is 2. The molecule has 0 aliphatic heterocycles. The van der Waals surface area contributed by atoms with Crippen LogP contribution in [-0.2, 0) is 11.3 Å². The summed E-state index contributed by atoms with van der Waals surface area (Å²) in [5.41, 5.74) is 2.57. The van der Waals surface area contributed by atoms with E-state index in [4.69, 9.17) is 9.47 Å². The van der Waals surface area contributed by atoms with Crippen LogP contribution in [0.4, 0.5) is 0 Å². The first-order valence-electron chi connectivity index (χ1n) is 8.48. The fourth-order valence-electron chi connectivity index (χ4n) is 2.39. The molecule has 0 radical (unpaired) electrons. The number of pyridine rings is 1. The molecule has 4 heteroatoms. The summed E-state index contributed by atoms with van der Waals surface area (Å²) in [7, 11) is 0. The molecule has 0 bridgehead atoms. The summed E-state index contributed by atoms with van der Waals surface area (Å²) >= 11 is 0. The molecule has 3 aromatic rings. The smallest absolute Gasteiger partial charge is 0.124 e. The summed E-state index contributed by atoms with van der Waals surface area (Å²) in [5.74, 6) is 0.907. The summed E-state index contributed by atoms with van der Waals surface area (Å²) in [6.07, 6.45) is 3.32. The van der Waals surface area contributed by atoms with E-state index >= 15 is 0 Å². The average Bonchev–Trinajstić information content (AvgIpc) is 2.70. The van der Waals surface area contributed by atoms with Gasteiger partial charge in [-0.15, -0.1) is 0 Å². The number of hydrogen-bond acceptors (Lipinski definition) is 4. The highest BCUT2D eigenvalue weighted by molar-refractivity contribution is 5.75. The van der Waals surface area contributed by atoms with E-state index in [1.807, 2.05) is 72.8 Å². The summed E-state index contributed by atoms with van der Waals surface area (Å²) in [6, 6.07) is 22.9. The molecule has 4 nitrogen and oxygen atoms in total. The van der Waals surface area contributed by atoms with Crippen LogP contribution in [0.3, 0.4) is 0 Å². The minimum atomic E-state index is 0.168. The summed E-state index contributed by atoms with van der Waals surface area (Å²) in [5, 5.41) is 10.2. The summed E-state index contributed by atoms with van der Waals surface area (Å²) in [4.78, 5) is 4.17. The van der Waals surface area contributed by atoms with Crippen molar-refractivity contribution < 1.29 is 14.6 Å². The molecule has 1 heterocycles. The van der Waals surface area contributed by atoms with Crippen LogP contribution in [0.2, 0.25) is 0 Å². The fourth-order valence-corrected chi connectivity index (χ4v) is 2.39.